The smallest absolute Gasteiger partial charge is 0.208 e. The lowest BCUT2D eigenvalue weighted by Gasteiger charge is -1.87. The van der Waals surface area contributed by atoms with Crippen LogP contribution in [0.4, 0.5) is 0 Å². The molecule has 1 aliphatic rings. The van der Waals surface area contributed by atoms with Crippen LogP contribution in [0.15, 0.2) is 10.8 Å². The largest absolute Gasteiger partial charge is 0.209 e. The highest BCUT2D eigenvalue weighted by atomic mass is 79.9. The van der Waals surface area contributed by atoms with Gasteiger partial charge < -0.3 is 0 Å². The number of hydrogen-bond acceptors (Lipinski definition) is 4. The van der Waals surface area contributed by atoms with E-state index in [1.54, 1.807) is 4.88 Å². The van der Waals surface area contributed by atoms with Crippen LogP contribution in [0, 0.1) is 0 Å². The zero-order valence-corrected chi connectivity index (χ0v) is 10.5. The molecule has 72 valence electrons. The number of thiophene rings is 1. The summed E-state index contributed by atoms with van der Waals surface area (Å²) in [6, 6.07) is 2.28. The van der Waals surface area contributed by atoms with E-state index in [1.165, 1.54) is 41.2 Å². The third-order valence-electron chi connectivity index (χ3n) is 2.36. The minimum absolute atomic E-state index is 0.700. The molecule has 0 spiro atoms. The van der Waals surface area contributed by atoms with Crippen molar-refractivity contribution in [2.75, 3.05) is 0 Å². The van der Waals surface area contributed by atoms with Crippen molar-refractivity contribution in [3.05, 3.63) is 21.2 Å². The highest BCUT2D eigenvalue weighted by molar-refractivity contribution is 9.10. The molecule has 0 amide bonds. The molecule has 2 aromatic rings. The van der Waals surface area contributed by atoms with Crippen LogP contribution < -0.4 is 0 Å². The number of hydrogen-bond donors (Lipinski definition) is 0. The molecular formula is C9H7BrN2S2. The zero-order chi connectivity index (χ0) is 9.54. The second kappa shape index (κ2) is 3.40. The molecule has 2 aromatic heterocycles. The fourth-order valence-electron chi connectivity index (χ4n) is 1.74. The average molecular weight is 287 g/mol. The Hall–Kier alpha value is -0.260. The summed E-state index contributed by atoms with van der Waals surface area (Å²) in [5.41, 5.74) is 1.52. The molecule has 0 saturated heterocycles. The van der Waals surface area contributed by atoms with Gasteiger partial charge in [-0.15, -0.1) is 11.3 Å². The standard InChI is InChI=1S/C9H7BrN2S2/c10-9-11-8(14-12-9)7-4-5-2-1-3-6(5)13-7/h4H,1-3H2. The van der Waals surface area contributed by atoms with Crippen LogP contribution in [0.3, 0.4) is 0 Å². The minimum Gasteiger partial charge on any atom is -0.208 e. The van der Waals surface area contributed by atoms with Crippen LogP contribution in [0.5, 0.6) is 0 Å². The monoisotopic (exact) mass is 286 g/mol. The molecule has 0 aliphatic heterocycles. The van der Waals surface area contributed by atoms with Gasteiger partial charge in [-0.05, 0) is 58.4 Å². The topological polar surface area (TPSA) is 25.8 Å². The Kier molecular flexibility index (Phi) is 2.18. The normalized spacial score (nSPS) is 14.6. The van der Waals surface area contributed by atoms with Crippen LogP contribution in [0.25, 0.3) is 9.88 Å². The maximum absolute atomic E-state index is 4.33. The van der Waals surface area contributed by atoms with Gasteiger partial charge in [0.15, 0.2) is 5.01 Å². The van der Waals surface area contributed by atoms with Crippen LogP contribution >= 0.6 is 38.8 Å². The van der Waals surface area contributed by atoms with E-state index in [0.29, 0.717) is 4.73 Å². The van der Waals surface area contributed by atoms with E-state index in [1.807, 2.05) is 11.3 Å². The highest BCUT2D eigenvalue weighted by Gasteiger charge is 2.17. The van der Waals surface area contributed by atoms with Gasteiger partial charge in [0.05, 0.1) is 4.88 Å². The quantitative estimate of drug-likeness (QED) is 0.802. The summed E-state index contributed by atoms with van der Waals surface area (Å²) in [6.45, 7) is 0. The van der Waals surface area contributed by atoms with Gasteiger partial charge in [0, 0.05) is 4.88 Å². The summed E-state index contributed by atoms with van der Waals surface area (Å²) < 4.78 is 4.83. The number of aryl methyl sites for hydroxylation is 2. The number of aromatic nitrogens is 2. The van der Waals surface area contributed by atoms with Crippen LogP contribution in [0.2, 0.25) is 0 Å². The van der Waals surface area contributed by atoms with Gasteiger partial charge in [0.25, 0.3) is 0 Å². The van der Waals surface area contributed by atoms with Gasteiger partial charge in [0.2, 0.25) is 4.73 Å². The third kappa shape index (κ3) is 1.43. The first kappa shape index (κ1) is 9.00. The van der Waals surface area contributed by atoms with Gasteiger partial charge >= 0.3 is 0 Å². The Balaban J connectivity index is 2.05. The summed E-state index contributed by atoms with van der Waals surface area (Å²) in [5.74, 6) is 0. The predicted octanol–water partition coefficient (Wildman–Crippen LogP) is 3.52. The Morgan fingerprint density at radius 1 is 1.36 bits per heavy atom. The second-order valence-electron chi connectivity index (χ2n) is 3.28. The number of rotatable bonds is 1. The van der Waals surface area contributed by atoms with Gasteiger partial charge in [0.1, 0.15) is 0 Å². The molecule has 0 fully saturated rings. The number of nitrogens with zero attached hydrogens (tertiary/aromatic N) is 2. The van der Waals surface area contributed by atoms with Crippen molar-refractivity contribution in [3.8, 4) is 9.88 Å². The molecule has 0 radical (unpaired) electrons. The average Bonchev–Trinajstić information content (AvgIpc) is 2.75. The van der Waals surface area contributed by atoms with E-state index in [9.17, 15) is 0 Å². The lowest BCUT2D eigenvalue weighted by molar-refractivity contribution is 0.915. The highest BCUT2D eigenvalue weighted by Crippen LogP contribution is 2.37. The van der Waals surface area contributed by atoms with Crippen molar-refractivity contribution >= 4 is 38.8 Å². The van der Waals surface area contributed by atoms with Crippen LogP contribution in [-0.2, 0) is 12.8 Å². The molecule has 2 nitrogen and oxygen atoms in total. The van der Waals surface area contributed by atoms with E-state index in [-0.39, 0.29) is 0 Å². The minimum atomic E-state index is 0.700. The Bertz CT molecular complexity index is 453. The van der Waals surface area contributed by atoms with E-state index >= 15 is 0 Å². The van der Waals surface area contributed by atoms with Gasteiger partial charge in [-0.2, -0.15) is 4.37 Å². The van der Waals surface area contributed by atoms with Gasteiger partial charge in [-0.3, -0.25) is 0 Å². The lowest BCUT2D eigenvalue weighted by Crippen LogP contribution is -1.72. The van der Waals surface area contributed by atoms with Crippen molar-refractivity contribution < 1.29 is 0 Å². The maximum atomic E-state index is 4.33. The predicted molar refractivity (Wildman–Crippen MR) is 62.9 cm³/mol. The first-order valence-electron chi connectivity index (χ1n) is 4.44. The van der Waals surface area contributed by atoms with Crippen molar-refractivity contribution in [2.45, 2.75) is 19.3 Å². The fraction of sp³-hybridized carbons (Fsp3) is 0.333. The number of fused-ring (bicyclic) bond motifs is 1. The first-order chi connectivity index (χ1) is 6.83. The van der Waals surface area contributed by atoms with E-state index < -0.39 is 0 Å². The molecule has 2 heterocycles. The molecule has 14 heavy (non-hydrogen) atoms. The second-order valence-corrected chi connectivity index (χ2v) is 5.88. The Labute approximate surface area is 98.3 Å². The van der Waals surface area contributed by atoms with Crippen molar-refractivity contribution in [1.29, 1.82) is 0 Å². The zero-order valence-electron chi connectivity index (χ0n) is 7.29. The molecule has 3 rings (SSSR count). The van der Waals surface area contributed by atoms with Crippen LogP contribution in [0.1, 0.15) is 16.9 Å². The van der Waals surface area contributed by atoms with E-state index in [0.717, 1.165) is 5.01 Å². The third-order valence-corrected chi connectivity index (χ3v) is 5.07. The molecule has 1 aliphatic carbocycles. The molecule has 0 N–H and O–H groups in total. The van der Waals surface area contributed by atoms with Crippen molar-refractivity contribution in [3.63, 3.8) is 0 Å². The first-order valence-corrected chi connectivity index (χ1v) is 6.82. The molecule has 0 saturated carbocycles. The maximum Gasteiger partial charge on any atom is 0.209 e. The Morgan fingerprint density at radius 2 is 2.29 bits per heavy atom. The van der Waals surface area contributed by atoms with E-state index in [4.69, 9.17) is 0 Å². The SMILES string of the molecule is Brc1nsc(-c2cc3c(s2)CCC3)n1. The van der Waals surface area contributed by atoms with Crippen molar-refractivity contribution in [1.82, 2.24) is 9.36 Å². The Morgan fingerprint density at radius 3 is 3.00 bits per heavy atom. The molecule has 0 bridgehead atoms. The summed E-state index contributed by atoms with van der Waals surface area (Å²) >= 11 is 6.62. The summed E-state index contributed by atoms with van der Waals surface area (Å²) in [4.78, 5) is 7.15. The number of halogens is 1. The summed E-state index contributed by atoms with van der Waals surface area (Å²) in [7, 11) is 0. The molecular weight excluding hydrogens is 280 g/mol. The molecule has 5 heteroatoms. The van der Waals surface area contributed by atoms with Gasteiger partial charge in [-0.1, -0.05) is 0 Å². The summed E-state index contributed by atoms with van der Waals surface area (Å²) in [5, 5.41) is 1.04. The molecule has 0 atom stereocenters. The van der Waals surface area contributed by atoms with E-state index in [2.05, 4.69) is 31.4 Å². The lowest BCUT2D eigenvalue weighted by atomic mass is 10.2. The van der Waals surface area contributed by atoms with Crippen molar-refractivity contribution in [2.24, 2.45) is 0 Å². The molecule has 0 unspecified atom stereocenters. The summed E-state index contributed by atoms with van der Waals surface area (Å²) in [6.07, 6.45) is 3.81. The van der Waals surface area contributed by atoms with Crippen LogP contribution in [-0.4, -0.2) is 9.36 Å². The fourth-order valence-corrected chi connectivity index (χ4v) is 4.11. The molecule has 0 aromatic carbocycles. The van der Waals surface area contributed by atoms with Gasteiger partial charge in [-0.25, -0.2) is 4.98 Å².